The summed E-state index contributed by atoms with van der Waals surface area (Å²) in [7, 11) is 0. The summed E-state index contributed by atoms with van der Waals surface area (Å²) in [6.45, 7) is 7.47. The lowest BCUT2D eigenvalue weighted by Crippen LogP contribution is -2.40. The Hall–Kier alpha value is -9.00. The normalized spacial score (nSPS) is 11.2. The average molecular weight is 1070 g/mol. The molecule has 0 saturated heterocycles. The Balaban J connectivity index is 0.000000228. The third-order valence-electron chi connectivity index (χ3n) is 13.0. The third kappa shape index (κ3) is 13.2. The minimum atomic E-state index is -0.611. The lowest BCUT2D eigenvalue weighted by Gasteiger charge is -2.39. The average Bonchev–Trinajstić information content (AvgIpc) is 4.48. The van der Waals surface area contributed by atoms with Crippen molar-refractivity contribution < 1.29 is 17.6 Å². The molecule has 5 N–H and O–H groups in total. The van der Waals surface area contributed by atoms with Crippen molar-refractivity contribution in [3.63, 3.8) is 0 Å². The molecule has 0 saturated carbocycles. The van der Waals surface area contributed by atoms with Crippen molar-refractivity contribution in [3.05, 3.63) is 239 Å². The summed E-state index contributed by atoms with van der Waals surface area (Å²) in [5, 5.41) is 13.2. The molecule has 0 unspecified atom stereocenters. The Morgan fingerprint density at radius 2 is 0.975 bits per heavy atom. The second-order valence-electron chi connectivity index (χ2n) is 18.3. The Bertz CT molecular complexity index is 3540. The Morgan fingerprint density at radius 3 is 1.43 bits per heavy atom. The molecule has 0 bridgehead atoms. The van der Waals surface area contributed by atoms with Crippen LogP contribution in [0, 0.1) is 25.5 Å². The number of nitrogens with zero attached hydrogens (tertiary/aromatic N) is 9. The van der Waals surface area contributed by atoms with Crippen molar-refractivity contribution in [1.29, 1.82) is 0 Å². The smallest absolute Gasteiger partial charge is 0.196 e. The van der Waals surface area contributed by atoms with Crippen LogP contribution in [0.3, 0.4) is 0 Å². The fraction of sp³-hybridized carbons (Fsp3) is 0.246. The summed E-state index contributed by atoms with van der Waals surface area (Å²) < 4.78 is 42.1. The zero-order valence-electron chi connectivity index (χ0n) is 42.8. The van der Waals surface area contributed by atoms with Crippen LogP contribution in [-0.4, -0.2) is 75.6 Å². The van der Waals surface area contributed by atoms with Crippen molar-refractivity contribution in [3.8, 4) is 0 Å². The molecule has 406 valence electrons. The van der Waals surface area contributed by atoms with Crippen LogP contribution in [0.4, 0.5) is 20.4 Å². The number of imidazole rings is 2. The molecule has 79 heavy (non-hydrogen) atoms. The van der Waals surface area contributed by atoms with Crippen LogP contribution >= 0.6 is 0 Å². The largest absolute Gasteiger partial charge is 0.440 e. The molecule has 8 aromatic heterocycles. The monoisotopic (exact) mass is 1060 g/mol. The van der Waals surface area contributed by atoms with Gasteiger partial charge < -0.3 is 39.7 Å². The molecular formula is C61H66F2N14O2. The van der Waals surface area contributed by atoms with Crippen LogP contribution in [0.2, 0.25) is 0 Å². The van der Waals surface area contributed by atoms with Crippen molar-refractivity contribution in [1.82, 2.24) is 60.1 Å². The van der Waals surface area contributed by atoms with Gasteiger partial charge in [-0.1, -0.05) is 106 Å². The SMILES string of the molecule is C.C.Cc1cnc(CCNCCc2nc3c(NCc4ncccc4F)nccc3o2)[nH]1.Cc1cnc(CCNCCc2nc3c(NCc4ncccc4F)nccc3o2)n1C(c1ccccc1)(c1ccccc1)c1ccccc1. The van der Waals surface area contributed by atoms with Crippen LogP contribution in [0.1, 0.15) is 77.7 Å². The lowest BCUT2D eigenvalue weighted by atomic mass is 9.76. The van der Waals surface area contributed by atoms with Crippen LogP contribution in [0.25, 0.3) is 22.2 Å². The molecule has 0 aliphatic heterocycles. The first-order valence-electron chi connectivity index (χ1n) is 25.6. The number of oxazole rings is 2. The number of hydrogen-bond donors (Lipinski definition) is 5. The number of H-pyrrole nitrogens is 1. The van der Waals surface area contributed by atoms with E-state index in [0.717, 1.165) is 55.5 Å². The number of aryl methyl sites for hydroxylation is 2. The molecule has 18 heteroatoms. The number of benzene rings is 3. The molecule has 0 fully saturated rings. The van der Waals surface area contributed by atoms with E-state index in [4.69, 9.17) is 18.8 Å². The summed E-state index contributed by atoms with van der Waals surface area (Å²) in [6, 6.07) is 41.5. The van der Waals surface area contributed by atoms with Gasteiger partial charge in [0.05, 0.1) is 24.5 Å². The highest BCUT2D eigenvalue weighted by molar-refractivity contribution is 5.84. The van der Waals surface area contributed by atoms with Gasteiger partial charge in [-0.25, -0.2) is 38.7 Å². The van der Waals surface area contributed by atoms with Gasteiger partial charge in [-0.3, -0.25) is 9.97 Å². The molecule has 0 amide bonds. The molecule has 11 rings (SSSR count). The van der Waals surface area contributed by atoms with E-state index in [1.807, 2.05) is 19.3 Å². The lowest BCUT2D eigenvalue weighted by molar-refractivity contribution is 0.475. The minimum Gasteiger partial charge on any atom is -0.440 e. The number of halogens is 2. The number of aromatic amines is 1. The van der Waals surface area contributed by atoms with Gasteiger partial charge in [0, 0.05) is 113 Å². The second-order valence-corrected chi connectivity index (χ2v) is 18.3. The van der Waals surface area contributed by atoms with E-state index in [0.29, 0.717) is 76.4 Å². The summed E-state index contributed by atoms with van der Waals surface area (Å²) >= 11 is 0. The number of rotatable bonds is 22. The first-order chi connectivity index (χ1) is 37.8. The number of aromatic nitrogens is 10. The zero-order valence-corrected chi connectivity index (χ0v) is 42.8. The number of pyridine rings is 4. The summed E-state index contributed by atoms with van der Waals surface area (Å²) in [6.07, 6.45) is 13.0. The Morgan fingerprint density at radius 1 is 0.506 bits per heavy atom. The van der Waals surface area contributed by atoms with E-state index in [1.165, 1.54) is 28.8 Å². The minimum absolute atomic E-state index is 0. The Labute approximate surface area is 458 Å². The number of fused-ring (bicyclic) bond motifs is 2. The molecule has 3 aromatic carbocycles. The maximum absolute atomic E-state index is 14.1. The van der Waals surface area contributed by atoms with Gasteiger partial charge in [-0.15, -0.1) is 0 Å². The molecule has 0 aliphatic carbocycles. The van der Waals surface area contributed by atoms with E-state index >= 15 is 0 Å². The number of anilines is 2. The highest BCUT2D eigenvalue weighted by atomic mass is 19.1. The van der Waals surface area contributed by atoms with Crippen molar-refractivity contribution >= 4 is 33.8 Å². The van der Waals surface area contributed by atoms with Gasteiger partial charge in [0.25, 0.3) is 0 Å². The van der Waals surface area contributed by atoms with E-state index < -0.39 is 5.54 Å². The predicted octanol–water partition coefficient (Wildman–Crippen LogP) is 11.1. The van der Waals surface area contributed by atoms with Crippen LogP contribution in [-0.2, 0) is 44.3 Å². The maximum atomic E-state index is 14.1. The van der Waals surface area contributed by atoms with Crippen molar-refractivity contribution in [2.45, 2.75) is 73.0 Å². The molecule has 0 spiro atoms. The van der Waals surface area contributed by atoms with E-state index in [-0.39, 0.29) is 39.6 Å². The van der Waals surface area contributed by atoms with Gasteiger partial charge in [-0.05, 0) is 54.8 Å². The van der Waals surface area contributed by atoms with E-state index in [2.05, 4.69) is 159 Å². The van der Waals surface area contributed by atoms with Gasteiger partial charge in [0.2, 0.25) is 0 Å². The maximum Gasteiger partial charge on any atom is 0.196 e. The highest BCUT2D eigenvalue weighted by Crippen LogP contribution is 2.42. The van der Waals surface area contributed by atoms with Gasteiger partial charge in [0.1, 0.15) is 28.8 Å². The zero-order chi connectivity index (χ0) is 52.8. The van der Waals surface area contributed by atoms with E-state index in [1.54, 1.807) is 49.1 Å². The van der Waals surface area contributed by atoms with Crippen molar-refractivity contribution in [2.75, 3.05) is 36.8 Å². The number of hydrogen-bond acceptors (Lipinski definition) is 14. The molecule has 0 radical (unpaired) electrons. The molecule has 8 heterocycles. The summed E-state index contributed by atoms with van der Waals surface area (Å²) in [4.78, 5) is 38.5. The second kappa shape index (κ2) is 26.9. The summed E-state index contributed by atoms with van der Waals surface area (Å²) in [5.41, 5.74) is 8.19. The molecular weight excluding hydrogens is 999 g/mol. The quantitative estimate of drug-likeness (QED) is 0.0317. The van der Waals surface area contributed by atoms with Crippen LogP contribution in [0.15, 0.2) is 173 Å². The fourth-order valence-corrected chi connectivity index (χ4v) is 9.40. The molecule has 0 atom stereocenters. The van der Waals surface area contributed by atoms with Gasteiger partial charge in [-0.2, -0.15) is 0 Å². The highest BCUT2D eigenvalue weighted by Gasteiger charge is 2.40. The topological polar surface area (TPSA) is 198 Å². The predicted molar refractivity (Wildman–Crippen MR) is 306 cm³/mol. The summed E-state index contributed by atoms with van der Waals surface area (Å²) in [5.74, 6) is 3.54. The van der Waals surface area contributed by atoms with Crippen molar-refractivity contribution in [2.24, 2.45) is 0 Å². The Kier molecular flexibility index (Phi) is 19.1. The van der Waals surface area contributed by atoms with Gasteiger partial charge in [0.15, 0.2) is 45.6 Å². The fourth-order valence-electron chi connectivity index (χ4n) is 9.40. The van der Waals surface area contributed by atoms with Crippen LogP contribution < -0.4 is 21.3 Å². The van der Waals surface area contributed by atoms with E-state index in [9.17, 15) is 8.78 Å². The molecule has 11 aromatic rings. The first-order valence-corrected chi connectivity index (χ1v) is 25.6. The van der Waals surface area contributed by atoms with Crippen LogP contribution in [0.5, 0.6) is 0 Å². The molecule has 0 aliphatic rings. The first kappa shape index (κ1) is 56.2. The van der Waals surface area contributed by atoms with Gasteiger partial charge >= 0.3 is 0 Å². The third-order valence-corrected chi connectivity index (χ3v) is 13.0. The standard InChI is InChI=1S/C39H36FN7O.C20H22FN7O.2CH4/c1-28-26-44-35(47(28)39(29-12-5-2-6-13-29,30-14-7-3-8-15-30)31-16-9-4-10-17-31)20-23-41-24-21-36-46-37-34(48-36)19-25-43-38(37)45-27-33-32(40)18-11-22-42-33;1-13-11-25-17(27-13)5-8-22-9-6-18-28-19-16(29-18)4-10-24-20(19)26-12-15-14(21)3-2-7-23-15;;/h2-19,22,25-26,41H,20-21,23-24,27H2,1H3,(H,43,45);2-4,7,10-11,22H,5-6,8-9,12H2,1H3,(H,24,26)(H,25,27);2*1H4. The molecule has 16 nitrogen and oxygen atoms in total. The number of nitrogens with one attached hydrogen (secondary N) is 5.